The molecular formula is C24H33BCl2N2O4. The van der Waals surface area contributed by atoms with Crippen molar-refractivity contribution in [2.45, 2.75) is 45.1 Å². The van der Waals surface area contributed by atoms with Crippen molar-refractivity contribution in [3.05, 3.63) is 59.7 Å². The number of halogens is 2. The predicted molar refractivity (Wildman–Crippen MR) is 136 cm³/mol. The summed E-state index contributed by atoms with van der Waals surface area (Å²) >= 11 is 11.8. The molecule has 2 rings (SSSR count). The minimum Gasteiger partial charge on any atom is -0.423 e. The Hall–Kier alpha value is -1.77. The highest BCUT2D eigenvalue weighted by atomic mass is 35.5. The van der Waals surface area contributed by atoms with Gasteiger partial charge in [-0.15, -0.1) is 23.2 Å². The van der Waals surface area contributed by atoms with Gasteiger partial charge >= 0.3 is 7.12 Å². The molecule has 0 aromatic heterocycles. The fourth-order valence-corrected chi connectivity index (χ4v) is 3.86. The van der Waals surface area contributed by atoms with Crippen LogP contribution in [0.15, 0.2) is 48.5 Å². The van der Waals surface area contributed by atoms with Crippen LogP contribution in [-0.4, -0.2) is 47.9 Å². The lowest BCUT2D eigenvalue weighted by molar-refractivity contribution is -0.134. The number of benzene rings is 2. The molecule has 3 N–H and O–H groups in total. The summed E-state index contributed by atoms with van der Waals surface area (Å²) in [6, 6.07) is 15.2. The van der Waals surface area contributed by atoms with E-state index in [1.54, 1.807) is 24.3 Å². The minimum absolute atomic E-state index is 0.133. The molecule has 0 bridgehead atoms. The van der Waals surface area contributed by atoms with E-state index in [1.807, 2.05) is 0 Å². The van der Waals surface area contributed by atoms with E-state index in [9.17, 15) is 4.79 Å². The van der Waals surface area contributed by atoms with Gasteiger partial charge in [0.15, 0.2) is 0 Å². The molecule has 6 nitrogen and oxygen atoms in total. The van der Waals surface area contributed by atoms with Crippen molar-refractivity contribution in [1.82, 2.24) is 5.48 Å². The first-order valence-electron chi connectivity index (χ1n) is 11.3. The van der Waals surface area contributed by atoms with Crippen LogP contribution in [0, 0.1) is 0 Å². The zero-order valence-corrected chi connectivity index (χ0v) is 20.4. The lowest BCUT2D eigenvalue weighted by Crippen LogP contribution is -2.29. The molecule has 9 heteroatoms. The van der Waals surface area contributed by atoms with Crippen LogP contribution < -0.4 is 15.8 Å². The van der Waals surface area contributed by atoms with E-state index in [1.165, 1.54) is 5.56 Å². The molecule has 0 spiro atoms. The standard InChI is InChI=1S/C24H33BCl2N2O4/c26-15-17-29(18-16-27)23-13-9-20(10-14-23)5-3-1-2-4-6-24(30)28-33-19-21-7-11-22(12-8-21)25(31)32/h7-14,31-32H,1-6,15-19H2,(H,28,30). The normalized spacial score (nSPS) is 10.8. The smallest absolute Gasteiger partial charge is 0.423 e. The Kier molecular flexibility index (Phi) is 13.3. The number of carbonyl (C=O) groups is 1. The summed E-state index contributed by atoms with van der Waals surface area (Å²) < 4.78 is 0. The predicted octanol–water partition coefficient (Wildman–Crippen LogP) is 3.39. The van der Waals surface area contributed by atoms with Crippen molar-refractivity contribution < 1.29 is 19.7 Å². The maximum atomic E-state index is 11.9. The average Bonchev–Trinajstić information content (AvgIpc) is 2.82. The monoisotopic (exact) mass is 494 g/mol. The summed E-state index contributed by atoms with van der Waals surface area (Å²) in [5.41, 5.74) is 6.16. The number of hydrogen-bond donors (Lipinski definition) is 3. The molecular weight excluding hydrogens is 462 g/mol. The molecule has 1 amide bonds. The van der Waals surface area contributed by atoms with Crippen LogP contribution in [-0.2, 0) is 22.7 Å². The van der Waals surface area contributed by atoms with Gasteiger partial charge in [-0.2, -0.15) is 0 Å². The second-order valence-corrected chi connectivity index (χ2v) is 8.63. The maximum absolute atomic E-state index is 11.9. The number of aryl methyl sites for hydroxylation is 1. The molecule has 0 heterocycles. The van der Waals surface area contributed by atoms with E-state index < -0.39 is 7.12 Å². The lowest BCUT2D eigenvalue weighted by atomic mass is 9.80. The number of alkyl halides is 2. The highest BCUT2D eigenvalue weighted by Gasteiger charge is 2.10. The highest BCUT2D eigenvalue weighted by molar-refractivity contribution is 6.58. The van der Waals surface area contributed by atoms with Crippen LogP contribution in [0.5, 0.6) is 0 Å². The first-order valence-corrected chi connectivity index (χ1v) is 12.4. The molecule has 2 aromatic rings. The molecule has 0 saturated heterocycles. The average molecular weight is 495 g/mol. The Morgan fingerprint density at radius 2 is 1.48 bits per heavy atom. The van der Waals surface area contributed by atoms with Crippen molar-refractivity contribution >= 4 is 47.4 Å². The number of nitrogens with zero attached hydrogens (tertiary/aromatic N) is 1. The van der Waals surface area contributed by atoms with Crippen LogP contribution in [0.3, 0.4) is 0 Å². The summed E-state index contributed by atoms with van der Waals surface area (Å²) in [6.45, 7) is 1.80. The van der Waals surface area contributed by atoms with Gasteiger partial charge in [-0.05, 0) is 48.0 Å². The van der Waals surface area contributed by atoms with Gasteiger partial charge in [0.2, 0.25) is 5.91 Å². The summed E-state index contributed by atoms with van der Waals surface area (Å²) in [5, 5.41) is 18.2. The van der Waals surface area contributed by atoms with E-state index in [-0.39, 0.29) is 12.5 Å². The van der Waals surface area contributed by atoms with Gasteiger partial charge in [-0.25, -0.2) is 5.48 Å². The number of anilines is 1. The van der Waals surface area contributed by atoms with Gasteiger partial charge in [0, 0.05) is 37.0 Å². The molecule has 0 unspecified atom stereocenters. The van der Waals surface area contributed by atoms with E-state index in [0.29, 0.717) is 23.6 Å². The third kappa shape index (κ3) is 10.8. The van der Waals surface area contributed by atoms with Crippen molar-refractivity contribution in [3.8, 4) is 0 Å². The molecule has 33 heavy (non-hydrogen) atoms. The lowest BCUT2D eigenvalue weighted by Gasteiger charge is -2.23. The minimum atomic E-state index is -1.49. The SMILES string of the molecule is O=C(CCCCCCc1ccc(N(CCCl)CCCl)cc1)NOCc1ccc(B(O)O)cc1. The zero-order valence-electron chi connectivity index (χ0n) is 18.9. The Morgan fingerprint density at radius 1 is 0.879 bits per heavy atom. The van der Waals surface area contributed by atoms with Gasteiger partial charge in [-0.1, -0.05) is 49.2 Å². The van der Waals surface area contributed by atoms with E-state index >= 15 is 0 Å². The fourth-order valence-electron chi connectivity index (χ4n) is 3.45. The van der Waals surface area contributed by atoms with Crippen molar-refractivity contribution in [2.75, 3.05) is 29.7 Å². The highest BCUT2D eigenvalue weighted by Crippen LogP contribution is 2.17. The van der Waals surface area contributed by atoms with Crippen LogP contribution in [0.2, 0.25) is 0 Å². The van der Waals surface area contributed by atoms with Gasteiger partial charge in [-0.3, -0.25) is 9.63 Å². The van der Waals surface area contributed by atoms with Crippen molar-refractivity contribution in [2.24, 2.45) is 0 Å². The molecule has 0 aliphatic heterocycles. The fraction of sp³-hybridized carbons (Fsp3) is 0.458. The number of hydroxylamine groups is 1. The number of rotatable bonds is 16. The second-order valence-electron chi connectivity index (χ2n) is 7.87. The molecule has 0 fully saturated rings. The number of nitrogens with one attached hydrogen (secondary N) is 1. The topological polar surface area (TPSA) is 82.0 Å². The van der Waals surface area contributed by atoms with Crippen LogP contribution in [0.4, 0.5) is 5.69 Å². The number of unbranched alkanes of at least 4 members (excludes halogenated alkanes) is 3. The Balaban J connectivity index is 1.54. The summed E-state index contributed by atoms with van der Waals surface area (Å²) in [7, 11) is -1.49. The molecule has 0 saturated carbocycles. The van der Waals surface area contributed by atoms with E-state index in [4.69, 9.17) is 38.1 Å². The zero-order chi connectivity index (χ0) is 23.9. The number of hydrogen-bond acceptors (Lipinski definition) is 5. The van der Waals surface area contributed by atoms with Crippen molar-refractivity contribution in [3.63, 3.8) is 0 Å². The molecule has 0 aliphatic rings. The Morgan fingerprint density at radius 3 is 2.09 bits per heavy atom. The molecule has 0 radical (unpaired) electrons. The van der Waals surface area contributed by atoms with Gasteiger partial charge < -0.3 is 14.9 Å². The first kappa shape index (κ1) is 27.5. The van der Waals surface area contributed by atoms with Gasteiger partial charge in [0.1, 0.15) is 0 Å². The van der Waals surface area contributed by atoms with Gasteiger partial charge in [0.25, 0.3) is 0 Å². The van der Waals surface area contributed by atoms with E-state index in [0.717, 1.165) is 56.4 Å². The van der Waals surface area contributed by atoms with Crippen LogP contribution >= 0.6 is 23.2 Å². The van der Waals surface area contributed by atoms with Gasteiger partial charge in [0.05, 0.1) is 6.61 Å². The first-order chi connectivity index (χ1) is 16.0. The molecule has 0 atom stereocenters. The van der Waals surface area contributed by atoms with Crippen LogP contribution in [0.25, 0.3) is 0 Å². The number of amides is 1. The second kappa shape index (κ2) is 16.0. The van der Waals surface area contributed by atoms with Crippen molar-refractivity contribution in [1.29, 1.82) is 0 Å². The Labute approximate surface area is 206 Å². The quantitative estimate of drug-likeness (QED) is 0.144. The Bertz CT molecular complexity index is 801. The third-order valence-electron chi connectivity index (χ3n) is 5.33. The summed E-state index contributed by atoms with van der Waals surface area (Å²) in [4.78, 5) is 19.3. The maximum Gasteiger partial charge on any atom is 0.488 e. The third-order valence-corrected chi connectivity index (χ3v) is 5.67. The molecule has 180 valence electrons. The summed E-state index contributed by atoms with van der Waals surface area (Å²) in [5.74, 6) is 1.02. The van der Waals surface area contributed by atoms with E-state index in [2.05, 4.69) is 34.6 Å². The number of carbonyl (C=O) groups excluding carboxylic acids is 1. The largest absolute Gasteiger partial charge is 0.488 e. The van der Waals surface area contributed by atoms with Crippen LogP contribution in [0.1, 0.15) is 43.2 Å². The summed E-state index contributed by atoms with van der Waals surface area (Å²) in [6.07, 6.45) is 5.43. The molecule has 2 aromatic carbocycles. The molecule has 0 aliphatic carbocycles.